The van der Waals surface area contributed by atoms with Gasteiger partial charge in [-0.1, -0.05) is 0 Å². The second-order valence-corrected chi connectivity index (χ2v) is 6.07. The molecule has 2 unspecified atom stereocenters. The average molecular weight is 261 g/mol. The van der Waals surface area contributed by atoms with Crippen LogP contribution >= 0.6 is 0 Å². The van der Waals surface area contributed by atoms with Gasteiger partial charge >= 0.3 is 0 Å². The first kappa shape index (κ1) is 14.5. The third-order valence-electron chi connectivity index (χ3n) is 4.13. The first-order valence-corrected chi connectivity index (χ1v) is 7.36. The van der Waals surface area contributed by atoms with Crippen molar-refractivity contribution in [3.63, 3.8) is 0 Å². The van der Waals surface area contributed by atoms with Crippen LogP contribution in [0.15, 0.2) is 6.07 Å². The van der Waals surface area contributed by atoms with Gasteiger partial charge in [0.2, 0.25) is 0 Å². The summed E-state index contributed by atoms with van der Waals surface area (Å²) < 4.78 is 0. The van der Waals surface area contributed by atoms with Crippen LogP contribution in [0.4, 0.5) is 0 Å². The van der Waals surface area contributed by atoms with Crippen molar-refractivity contribution in [3.8, 4) is 0 Å². The standard InChI is InChI=1S/C16H27N3/c1-11-9-12(2)17-13(3)16(11)14(4)18-15-7-6-8-19(5)10-15/h9,14-15,18H,6-8,10H2,1-5H3. The van der Waals surface area contributed by atoms with Crippen molar-refractivity contribution < 1.29 is 0 Å². The van der Waals surface area contributed by atoms with Crippen molar-refractivity contribution in [2.24, 2.45) is 0 Å². The zero-order chi connectivity index (χ0) is 14.0. The van der Waals surface area contributed by atoms with E-state index >= 15 is 0 Å². The Hall–Kier alpha value is -0.930. The molecule has 3 nitrogen and oxygen atoms in total. The molecule has 2 atom stereocenters. The molecule has 0 spiro atoms. The second-order valence-electron chi connectivity index (χ2n) is 6.07. The molecule has 1 aliphatic rings. The first-order chi connectivity index (χ1) is 8.97. The minimum Gasteiger partial charge on any atom is -0.306 e. The highest BCUT2D eigenvalue weighted by Gasteiger charge is 2.21. The van der Waals surface area contributed by atoms with Gasteiger partial charge in [0, 0.05) is 30.0 Å². The van der Waals surface area contributed by atoms with Gasteiger partial charge < -0.3 is 10.2 Å². The van der Waals surface area contributed by atoms with E-state index in [1.54, 1.807) is 0 Å². The van der Waals surface area contributed by atoms with Crippen LogP contribution in [0.2, 0.25) is 0 Å². The van der Waals surface area contributed by atoms with E-state index in [4.69, 9.17) is 0 Å². The molecule has 0 bridgehead atoms. The van der Waals surface area contributed by atoms with E-state index in [9.17, 15) is 0 Å². The van der Waals surface area contributed by atoms with Gasteiger partial charge in [0.15, 0.2) is 0 Å². The van der Waals surface area contributed by atoms with Gasteiger partial charge in [-0.05, 0) is 71.3 Å². The second kappa shape index (κ2) is 6.02. The predicted molar refractivity (Wildman–Crippen MR) is 80.5 cm³/mol. The van der Waals surface area contributed by atoms with Crippen LogP contribution in [0, 0.1) is 20.8 Å². The maximum atomic E-state index is 4.61. The van der Waals surface area contributed by atoms with Crippen LogP contribution in [0.5, 0.6) is 0 Å². The lowest BCUT2D eigenvalue weighted by molar-refractivity contribution is 0.218. The molecule has 19 heavy (non-hydrogen) atoms. The molecule has 1 aliphatic heterocycles. The zero-order valence-electron chi connectivity index (χ0n) is 13.0. The van der Waals surface area contributed by atoms with Gasteiger partial charge in [-0.25, -0.2) is 0 Å². The fourth-order valence-electron chi connectivity index (χ4n) is 3.43. The molecular formula is C16H27N3. The number of hydrogen-bond donors (Lipinski definition) is 1. The maximum absolute atomic E-state index is 4.61. The highest BCUT2D eigenvalue weighted by atomic mass is 15.1. The summed E-state index contributed by atoms with van der Waals surface area (Å²) in [5.74, 6) is 0. The Kier molecular flexibility index (Phi) is 4.58. The van der Waals surface area contributed by atoms with E-state index < -0.39 is 0 Å². The SMILES string of the molecule is Cc1cc(C)c(C(C)NC2CCCN(C)C2)c(C)n1. The fraction of sp³-hybridized carbons (Fsp3) is 0.688. The Balaban J connectivity index is 2.09. The normalized spacial score (nSPS) is 22.5. The van der Waals surface area contributed by atoms with Crippen LogP contribution in [-0.4, -0.2) is 36.1 Å². The highest BCUT2D eigenvalue weighted by molar-refractivity contribution is 5.33. The predicted octanol–water partition coefficient (Wildman–Crippen LogP) is 2.75. The van der Waals surface area contributed by atoms with Gasteiger partial charge in [-0.15, -0.1) is 0 Å². The lowest BCUT2D eigenvalue weighted by atomic mass is 9.98. The minimum atomic E-state index is 0.379. The van der Waals surface area contributed by atoms with Gasteiger partial charge in [-0.2, -0.15) is 0 Å². The lowest BCUT2D eigenvalue weighted by Crippen LogP contribution is -2.45. The smallest absolute Gasteiger partial charge is 0.0426 e. The van der Waals surface area contributed by atoms with Crippen LogP contribution < -0.4 is 5.32 Å². The van der Waals surface area contributed by atoms with Crippen molar-refractivity contribution in [2.45, 2.75) is 52.6 Å². The molecule has 0 saturated carbocycles. The van der Waals surface area contributed by atoms with E-state index in [1.165, 1.54) is 36.2 Å². The van der Waals surface area contributed by atoms with Crippen molar-refractivity contribution in [1.82, 2.24) is 15.2 Å². The summed E-state index contributed by atoms with van der Waals surface area (Å²) in [5, 5.41) is 3.78. The van der Waals surface area contributed by atoms with Crippen LogP contribution in [0.3, 0.4) is 0 Å². The van der Waals surface area contributed by atoms with E-state index in [-0.39, 0.29) is 0 Å². The Labute approximate surface area is 117 Å². The van der Waals surface area contributed by atoms with E-state index in [0.717, 1.165) is 12.2 Å². The topological polar surface area (TPSA) is 28.2 Å². The molecule has 2 heterocycles. The highest BCUT2D eigenvalue weighted by Crippen LogP contribution is 2.22. The number of aryl methyl sites for hydroxylation is 3. The molecular weight excluding hydrogens is 234 g/mol. The molecule has 0 aromatic carbocycles. The van der Waals surface area contributed by atoms with E-state index in [2.05, 4.69) is 56.0 Å². The lowest BCUT2D eigenvalue weighted by Gasteiger charge is -2.33. The van der Waals surface area contributed by atoms with Crippen LogP contribution in [0.25, 0.3) is 0 Å². The Morgan fingerprint density at radius 1 is 1.37 bits per heavy atom. The van der Waals surface area contributed by atoms with Gasteiger partial charge in [0.1, 0.15) is 0 Å². The molecule has 2 rings (SSSR count). The summed E-state index contributed by atoms with van der Waals surface area (Å²) in [5.41, 5.74) is 5.01. The third-order valence-corrected chi connectivity index (χ3v) is 4.13. The summed E-state index contributed by atoms with van der Waals surface area (Å²) in [6.45, 7) is 11.0. The Bertz CT molecular complexity index is 419. The number of piperidine rings is 1. The first-order valence-electron chi connectivity index (χ1n) is 7.36. The third kappa shape index (κ3) is 3.54. The number of nitrogens with one attached hydrogen (secondary N) is 1. The van der Waals surface area contributed by atoms with Gasteiger partial charge in [-0.3, -0.25) is 4.98 Å². The van der Waals surface area contributed by atoms with Crippen LogP contribution in [0.1, 0.15) is 48.3 Å². The number of aromatic nitrogens is 1. The average Bonchev–Trinajstić information content (AvgIpc) is 2.27. The fourth-order valence-corrected chi connectivity index (χ4v) is 3.43. The van der Waals surface area contributed by atoms with E-state index in [0.29, 0.717) is 12.1 Å². The summed E-state index contributed by atoms with van der Waals surface area (Å²) in [6.07, 6.45) is 2.58. The zero-order valence-corrected chi connectivity index (χ0v) is 13.0. The monoisotopic (exact) mass is 261 g/mol. The molecule has 1 fully saturated rings. The number of likely N-dealkylation sites (N-methyl/N-ethyl adjacent to an activating group) is 1. The summed E-state index contributed by atoms with van der Waals surface area (Å²) in [6, 6.07) is 3.17. The molecule has 1 aromatic rings. The molecule has 3 heteroatoms. The van der Waals surface area contributed by atoms with Crippen LogP contribution in [-0.2, 0) is 0 Å². The quantitative estimate of drug-likeness (QED) is 0.907. The summed E-state index contributed by atoms with van der Waals surface area (Å²) in [4.78, 5) is 7.03. The molecule has 1 N–H and O–H groups in total. The van der Waals surface area contributed by atoms with Crippen molar-refractivity contribution in [2.75, 3.05) is 20.1 Å². The summed E-state index contributed by atoms with van der Waals surface area (Å²) >= 11 is 0. The minimum absolute atomic E-state index is 0.379. The number of nitrogens with zero attached hydrogens (tertiary/aromatic N) is 2. The number of hydrogen-bond acceptors (Lipinski definition) is 3. The van der Waals surface area contributed by atoms with Crippen molar-refractivity contribution >= 4 is 0 Å². The number of rotatable bonds is 3. The summed E-state index contributed by atoms with van der Waals surface area (Å²) in [7, 11) is 2.21. The van der Waals surface area contributed by atoms with Crippen molar-refractivity contribution in [3.05, 3.63) is 28.6 Å². The maximum Gasteiger partial charge on any atom is 0.0426 e. The Morgan fingerprint density at radius 2 is 2.11 bits per heavy atom. The molecule has 1 aromatic heterocycles. The largest absolute Gasteiger partial charge is 0.306 e. The van der Waals surface area contributed by atoms with Gasteiger partial charge in [0.25, 0.3) is 0 Å². The van der Waals surface area contributed by atoms with Gasteiger partial charge in [0.05, 0.1) is 0 Å². The molecule has 106 valence electrons. The molecule has 0 aliphatic carbocycles. The molecule has 1 saturated heterocycles. The number of likely N-dealkylation sites (tertiary alicyclic amines) is 1. The molecule has 0 radical (unpaired) electrons. The Morgan fingerprint density at radius 3 is 2.74 bits per heavy atom. The number of pyridine rings is 1. The van der Waals surface area contributed by atoms with Crippen molar-refractivity contribution in [1.29, 1.82) is 0 Å². The molecule has 0 amide bonds. The van der Waals surface area contributed by atoms with E-state index in [1.807, 2.05) is 0 Å².